The number of carbonyl (C=O) groups excluding carboxylic acids is 4. The van der Waals surface area contributed by atoms with Crippen LogP contribution < -0.4 is 10.1 Å². The van der Waals surface area contributed by atoms with Crippen LogP contribution in [-0.2, 0) is 19.1 Å². The van der Waals surface area contributed by atoms with E-state index in [1.165, 1.54) is 0 Å². The van der Waals surface area contributed by atoms with Gasteiger partial charge in [-0.2, -0.15) is 0 Å². The predicted octanol–water partition coefficient (Wildman–Crippen LogP) is 3.36. The van der Waals surface area contributed by atoms with Gasteiger partial charge in [0.25, 0.3) is 17.1 Å². The van der Waals surface area contributed by atoms with Crippen LogP contribution in [0.15, 0.2) is 57.9 Å². The first-order valence-electron chi connectivity index (χ1n) is 10.8. The van der Waals surface area contributed by atoms with E-state index in [1.807, 2.05) is 6.07 Å². The molecule has 2 aliphatic rings. The third-order valence-electron chi connectivity index (χ3n) is 5.20. The highest BCUT2D eigenvalue weighted by atomic mass is 79.9. The third-order valence-corrected chi connectivity index (χ3v) is 6.73. The summed E-state index contributed by atoms with van der Waals surface area (Å²) in [6.07, 6.45) is 1.58. The van der Waals surface area contributed by atoms with Crippen LogP contribution in [0.2, 0.25) is 0 Å². The van der Waals surface area contributed by atoms with Gasteiger partial charge in [0, 0.05) is 18.8 Å². The van der Waals surface area contributed by atoms with Gasteiger partial charge in [0.15, 0.2) is 6.61 Å². The summed E-state index contributed by atoms with van der Waals surface area (Å²) >= 11 is 4.20. The maximum absolute atomic E-state index is 12.7. The third kappa shape index (κ3) is 6.50. The molecule has 182 valence electrons. The van der Waals surface area contributed by atoms with Gasteiger partial charge in [0.2, 0.25) is 5.91 Å². The highest BCUT2D eigenvalue weighted by Crippen LogP contribution is 2.34. The molecule has 2 aliphatic heterocycles. The number of morpholine rings is 1. The second kappa shape index (κ2) is 11.5. The molecule has 11 heteroatoms. The van der Waals surface area contributed by atoms with Gasteiger partial charge in [-0.25, -0.2) is 0 Å². The number of benzene rings is 2. The van der Waals surface area contributed by atoms with Gasteiger partial charge < -0.3 is 19.7 Å². The molecule has 35 heavy (non-hydrogen) atoms. The van der Waals surface area contributed by atoms with Crippen LogP contribution in [0, 0.1) is 0 Å². The Morgan fingerprint density at radius 1 is 1.11 bits per heavy atom. The van der Waals surface area contributed by atoms with Crippen LogP contribution in [0.1, 0.15) is 5.56 Å². The fourth-order valence-corrected chi connectivity index (χ4v) is 4.77. The largest absolute Gasteiger partial charge is 0.483 e. The minimum Gasteiger partial charge on any atom is -0.483 e. The molecule has 1 N–H and O–H groups in total. The fraction of sp³-hybridized carbons (Fsp3) is 0.250. The molecular formula is C24H22BrN3O6S. The van der Waals surface area contributed by atoms with Crippen LogP contribution >= 0.6 is 27.7 Å². The predicted molar refractivity (Wildman–Crippen MR) is 135 cm³/mol. The first-order chi connectivity index (χ1) is 16.9. The van der Waals surface area contributed by atoms with Gasteiger partial charge in [-0.3, -0.25) is 24.1 Å². The van der Waals surface area contributed by atoms with Crippen molar-refractivity contribution in [3.63, 3.8) is 0 Å². The Morgan fingerprint density at radius 3 is 2.57 bits per heavy atom. The van der Waals surface area contributed by atoms with Crippen LogP contribution in [0.5, 0.6) is 5.75 Å². The molecule has 2 aromatic rings. The van der Waals surface area contributed by atoms with Crippen molar-refractivity contribution in [3.8, 4) is 5.75 Å². The molecule has 2 aromatic carbocycles. The summed E-state index contributed by atoms with van der Waals surface area (Å²) in [6.45, 7) is 1.67. The SMILES string of the molecule is O=C(CN1C(=O)S/C(=C\c2ccc(OCC(=O)N3CCOCC3)c(Br)c2)C1=O)Nc1ccccc1. The molecule has 0 aromatic heterocycles. The zero-order valence-corrected chi connectivity index (χ0v) is 21.0. The number of nitrogens with one attached hydrogen (secondary N) is 1. The number of hydrogen-bond donors (Lipinski definition) is 1. The summed E-state index contributed by atoms with van der Waals surface area (Å²) in [5, 5.41) is 2.15. The Balaban J connectivity index is 1.35. The lowest BCUT2D eigenvalue weighted by molar-refractivity contribution is -0.137. The summed E-state index contributed by atoms with van der Waals surface area (Å²) in [5.41, 5.74) is 1.24. The number of imide groups is 1. The van der Waals surface area contributed by atoms with Gasteiger partial charge in [0.05, 0.1) is 22.6 Å². The second-order valence-corrected chi connectivity index (χ2v) is 9.50. The Labute approximate surface area is 214 Å². The standard InChI is InChI=1S/C24H22BrN3O6S/c25-18-12-16(6-7-19(18)34-15-22(30)27-8-10-33-11-9-27)13-20-23(31)28(24(32)35-20)14-21(29)26-17-4-2-1-3-5-17/h1-7,12-13H,8-11,14-15H2,(H,26,29)/b20-13-. The first kappa shape index (κ1) is 25.0. The van der Waals surface area contributed by atoms with Crippen molar-refractivity contribution in [3.05, 3.63) is 63.5 Å². The van der Waals surface area contributed by atoms with E-state index in [0.29, 0.717) is 47.8 Å². The van der Waals surface area contributed by atoms with Crippen molar-refractivity contribution in [2.45, 2.75) is 0 Å². The molecule has 0 aliphatic carbocycles. The summed E-state index contributed by atoms with van der Waals surface area (Å²) in [5.74, 6) is -0.630. The Kier molecular flexibility index (Phi) is 8.21. The highest BCUT2D eigenvalue weighted by Gasteiger charge is 2.36. The van der Waals surface area contributed by atoms with Crippen LogP contribution in [0.4, 0.5) is 10.5 Å². The van der Waals surface area contributed by atoms with Crippen LogP contribution in [0.3, 0.4) is 0 Å². The highest BCUT2D eigenvalue weighted by molar-refractivity contribution is 9.10. The number of thioether (sulfide) groups is 1. The van der Waals surface area contributed by atoms with E-state index in [9.17, 15) is 19.2 Å². The molecule has 0 unspecified atom stereocenters. The zero-order valence-electron chi connectivity index (χ0n) is 18.6. The average molecular weight is 560 g/mol. The number of carbonyl (C=O) groups is 4. The maximum Gasteiger partial charge on any atom is 0.294 e. The van der Waals surface area contributed by atoms with E-state index >= 15 is 0 Å². The molecule has 4 rings (SSSR count). The molecule has 2 heterocycles. The van der Waals surface area contributed by atoms with Gasteiger partial charge >= 0.3 is 0 Å². The number of para-hydroxylation sites is 1. The summed E-state index contributed by atoms with van der Waals surface area (Å²) in [7, 11) is 0. The van der Waals surface area contributed by atoms with Crippen molar-refractivity contribution < 1.29 is 28.7 Å². The number of amides is 4. The summed E-state index contributed by atoms with van der Waals surface area (Å²) < 4.78 is 11.5. The monoisotopic (exact) mass is 559 g/mol. The molecule has 0 radical (unpaired) electrons. The number of hydrogen-bond acceptors (Lipinski definition) is 7. The Bertz CT molecular complexity index is 1170. The van der Waals surface area contributed by atoms with Crippen molar-refractivity contribution >= 4 is 62.4 Å². The quantitative estimate of drug-likeness (QED) is 0.518. The Morgan fingerprint density at radius 2 is 1.86 bits per heavy atom. The number of nitrogens with zero attached hydrogens (tertiary/aromatic N) is 2. The van der Waals surface area contributed by atoms with Gasteiger partial charge in [-0.1, -0.05) is 24.3 Å². The van der Waals surface area contributed by atoms with Crippen molar-refractivity contribution in [1.29, 1.82) is 0 Å². The molecule has 0 saturated carbocycles. The van der Waals surface area contributed by atoms with E-state index in [0.717, 1.165) is 16.7 Å². The molecule has 0 spiro atoms. The normalized spacial score (nSPS) is 17.1. The Hall–Kier alpha value is -3.15. The topological polar surface area (TPSA) is 105 Å². The molecule has 0 bridgehead atoms. The van der Waals surface area contributed by atoms with Gasteiger partial charge in [0.1, 0.15) is 12.3 Å². The van der Waals surface area contributed by atoms with Gasteiger partial charge in [-0.15, -0.1) is 0 Å². The van der Waals surface area contributed by atoms with Crippen molar-refractivity contribution in [2.75, 3.05) is 44.8 Å². The molecule has 0 atom stereocenters. The molecule has 4 amide bonds. The smallest absolute Gasteiger partial charge is 0.294 e. The van der Waals surface area contributed by atoms with E-state index < -0.39 is 17.1 Å². The zero-order chi connectivity index (χ0) is 24.8. The minimum absolute atomic E-state index is 0.0954. The lowest BCUT2D eigenvalue weighted by atomic mass is 10.2. The first-order valence-corrected chi connectivity index (χ1v) is 12.4. The second-order valence-electron chi connectivity index (χ2n) is 7.65. The minimum atomic E-state index is -0.532. The molecule has 2 saturated heterocycles. The van der Waals surface area contributed by atoms with E-state index in [-0.39, 0.29) is 24.0 Å². The number of ether oxygens (including phenoxy) is 2. The number of rotatable bonds is 7. The number of halogens is 1. The van der Waals surface area contributed by atoms with E-state index in [1.54, 1.807) is 53.4 Å². The van der Waals surface area contributed by atoms with E-state index in [4.69, 9.17) is 9.47 Å². The number of anilines is 1. The average Bonchev–Trinajstić information content (AvgIpc) is 3.11. The maximum atomic E-state index is 12.7. The fourth-order valence-electron chi connectivity index (χ4n) is 3.42. The van der Waals surface area contributed by atoms with Crippen LogP contribution in [0.25, 0.3) is 6.08 Å². The lowest BCUT2D eigenvalue weighted by Gasteiger charge is -2.26. The van der Waals surface area contributed by atoms with Crippen LogP contribution in [-0.4, -0.2) is 72.2 Å². The lowest BCUT2D eigenvalue weighted by Crippen LogP contribution is -2.43. The molecule has 2 fully saturated rings. The van der Waals surface area contributed by atoms with Crippen molar-refractivity contribution in [2.24, 2.45) is 0 Å². The van der Waals surface area contributed by atoms with E-state index in [2.05, 4.69) is 21.2 Å². The molecule has 9 nitrogen and oxygen atoms in total. The van der Waals surface area contributed by atoms with Crippen molar-refractivity contribution in [1.82, 2.24) is 9.80 Å². The summed E-state index contributed by atoms with van der Waals surface area (Å²) in [6, 6.07) is 13.9. The summed E-state index contributed by atoms with van der Waals surface area (Å²) in [4.78, 5) is 52.5. The van der Waals surface area contributed by atoms with Gasteiger partial charge in [-0.05, 0) is 63.6 Å². The molecular weight excluding hydrogens is 538 g/mol.